The van der Waals surface area contributed by atoms with Gasteiger partial charge in [0.1, 0.15) is 34.5 Å². The molecular weight excluding hydrogens is 939 g/mol. The number of ether oxygens (including phenoxy) is 3. The van der Waals surface area contributed by atoms with Gasteiger partial charge in [-0.2, -0.15) is 0 Å². The number of nitrogens with zero attached hydrogens (tertiary/aromatic N) is 3. The van der Waals surface area contributed by atoms with Crippen LogP contribution in [0.4, 0.5) is 51.2 Å². The molecule has 0 N–H and O–H groups in total. The molecule has 0 amide bonds. The molecule has 0 saturated carbocycles. The minimum atomic E-state index is -0.210. The maximum Gasteiger partial charge on any atom is 0.260 e. The molecule has 5 aliphatic rings. The summed E-state index contributed by atoms with van der Waals surface area (Å²) in [6.45, 7) is 3.97. The van der Waals surface area contributed by atoms with Crippen molar-refractivity contribution in [1.29, 1.82) is 0 Å². The van der Waals surface area contributed by atoms with E-state index in [1.807, 2.05) is 0 Å². The lowest BCUT2D eigenvalue weighted by Crippen LogP contribution is -2.65. The molecule has 5 aliphatic heterocycles. The quantitative estimate of drug-likeness (QED) is 0.155. The molecule has 0 radical (unpaired) electrons. The van der Waals surface area contributed by atoms with Gasteiger partial charge in [-0.1, -0.05) is 168 Å². The van der Waals surface area contributed by atoms with E-state index in [-0.39, 0.29) is 20.1 Å². The summed E-state index contributed by atoms with van der Waals surface area (Å²) in [5.41, 5.74) is 22.3. The Morgan fingerprint density at radius 2 is 0.779 bits per heavy atom. The van der Waals surface area contributed by atoms with Crippen LogP contribution in [0.3, 0.4) is 0 Å². The zero-order valence-corrected chi connectivity index (χ0v) is 42.4. The molecule has 11 aromatic carbocycles. The Balaban J connectivity index is 0.956. The average molecular weight is 986 g/mol. The van der Waals surface area contributed by atoms with Gasteiger partial charge in [-0.3, -0.25) is 0 Å². The van der Waals surface area contributed by atoms with Crippen molar-refractivity contribution in [2.75, 3.05) is 14.7 Å². The van der Waals surface area contributed by atoms with Gasteiger partial charge in [-0.25, -0.2) is 0 Å². The van der Waals surface area contributed by atoms with E-state index in [9.17, 15) is 0 Å². The van der Waals surface area contributed by atoms with Gasteiger partial charge in [0.2, 0.25) is 0 Å². The molecule has 0 aromatic heterocycles. The lowest BCUT2D eigenvalue weighted by molar-refractivity contribution is 0.458. The largest absolute Gasteiger partial charge is 0.459 e. The van der Waals surface area contributed by atoms with Crippen molar-refractivity contribution in [3.8, 4) is 34.5 Å². The first-order valence-corrected chi connectivity index (χ1v) is 26.6. The van der Waals surface area contributed by atoms with Gasteiger partial charge in [-0.15, -0.1) is 0 Å². The average Bonchev–Trinajstić information content (AvgIpc) is 3.51. The fourth-order valence-electron chi connectivity index (χ4n) is 13.4. The molecule has 0 bridgehead atoms. The highest BCUT2D eigenvalue weighted by molar-refractivity contribution is 7.03. The predicted octanol–water partition coefficient (Wildman–Crippen LogP) is 11.2. The summed E-state index contributed by atoms with van der Waals surface area (Å²) in [5.74, 6) is 4.82. The Bertz CT molecular complexity index is 4160. The summed E-state index contributed by atoms with van der Waals surface area (Å²) in [6.07, 6.45) is 0. The van der Waals surface area contributed by atoms with Crippen molar-refractivity contribution in [3.63, 3.8) is 0 Å². The van der Waals surface area contributed by atoms with Gasteiger partial charge in [0, 0.05) is 69.2 Å². The third kappa shape index (κ3) is 6.53. The number of rotatable bonds is 6. The van der Waals surface area contributed by atoms with E-state index in [1.54, 1.807) is 0 Å². The number of hydrogen-bond donors (Lipinski definition) is 0. The second kappa shape index (κ2) is 17.0. The summed E-state index contributed by atoms with van der Waals surface area (Å²) in [4.78, 5) is 7.15. The fourth-order valence-corrected chi connectivity index (χ4v) is 13.4. The van der Waals surface area contributed by atoms with Crippen molar-refractivity contribution < 1.29 is 14.2 Å². The van der Waals surface area contributed by atoms with Gasteiger partial charge < -0.3 is 28.9 Å². The van der Waals surface area contributed by atoms with E-state index in [0.717, 1.165) is 118 Å². The maximum absolute atomic E-state index is 7.75. The summed E-state index contributed by atoms with van der Waals surface area (Å²) in [6, 6.07) is 87.2. The highest BCUT2D eigenvalue weighted by Crippen LogP contribution is 2.48. The second-order valence-corrected chi connectivity index (χ2v) is 20.8. The van der Waals surface area contributed by atoms with Crippen LogP contribution in [0.2, 0.25) is 0 Å². The molecule has 6 nitrogen and oxygen atoms in total. The van der Waals surface area contributed by atoms with Crippen LogP contribution in [-0.2, 0) is 0 Å². The van der Waals surface area contributed by atoms with Crippen LogP contribution < -0.4 is 78.1 Å². The van der Waals surface area contributed by atoms with Gasteiger partial charge in [-0.05, 0) is 125 Å². The first-order valence-electron chi connectivity index (χ1n) is 26.6. The van der Waals surface area contributed by atoms with Crippen LogP contribution in [0, 0.1) is 13.8 Å². The lowest BCUT2D eigenvalue weighted by atomic mass is 9.29. The fraction of sp³-hybridized carbons (Fsp3) is 0.0294. The summed E-state index contributed by atoms with van der Waals surface area (Å²) < 4.78 is 22.4. The minimum Gasteiger partial charge on any atom is -0.459 e. The van der Waals surface area contributed by atoms with E-state index in [0.29, 0.717) is 0 Å². The second-order valence-electron chi connectivity index (χ2n) is 20.8. The van der Waals surface area contributed by atoms with Crippen molar-refractivity contribution in [2.45, 2.75) is 13.8 Å². The van der Waals surface area contributed by atoms with Crippen molar-refractivity contribution >= 4 is 120 Å². The third-order valence-electron chi connectivity index (χ3n) is 16.5. The highest BCUT2D eigenvalue weighted by atomic mass is 16.5. The van der Waals surface area contributed by atoms with E-state index in [1.165, 1.54) is 27.5 Å². The highest BCUT2D eigenvalue weighted by Gasteiger charge is 2.49. The van der Waals surface area contributed by atoms with E-state index < -0.39 is 0 Å². The zero-order chi connectivity index (χ0) is 50.9. The molecule has 0 aliphatic carbocycles. The molecule has 11 aromatic rings. The normalized spacial score (nSPS) is 13.5. The van der Waals surface area contributed by atoms with Gasteiger partial charge in [0.15, 0.2) is 0 Å². The molecule has 0 atom stereocenters. The Morgan fingerprint density at radius 1 is 0.299 bits per heavy atom. The van der Waals surface area contributed by atoms with Crippen LogP contribution in [0.15, 0.2) is 243 Å². The molecule has 360 valence electrons. The van der Waals surface area contributed by atoms with Crippen LogP contribution >= 0.6 is 0 Å². The predicted molar refractivity (Wildman–Crippen MR) is 320 cm³/mol. The van der Waals surface area contributed by atoms with Crippen LogP contribution in [0.5, 0.6) is 34.5 Å². The van der Waals surface area contributed by atoms with E-state index in [4.69, 9.17) is 14.2 Å². The summed E-state index contributed by atoms with van der Waals surface area (Å²) in [7, 11) is 0. The maximum atomic E-state index is 7.75. The third-order valence-corrected chi connectivity index (χ3v) is 16.5. The SMILES string of the molecule is Cc1cccc(C)c1B1c2ccccc2N(c2ccccc2)c2cc3c4c(c21)Oc1cc2c(cc1B4c1ccccc1O3)B1c3ccccc3N(c3ccccc3)c3cc(N(c4ccccc4)c4ccccc4)cc(c31)O2. The van der Waals surface area contributed by atoms with E-state index >= 15 is 0 Å². The Morgan fingerprint density at radius 3 is 1.40 bits per heavy atom. The smallest absolute Gasteiger partial charge is 0.260 e. The standard InChI is InChI=1S/C68H46B3N3O3/c1-43-22-21-23-44(2)64(43)71-51-33-16-19-36-56(51)74(48-30-13-6-14-31-48)58-41-63-67-68(66(58)71)77-61-42-60-53(40-54(61)70(67)52-34-17-20-37-59(52)75-63)69-50-32-15-18-35-55(50)73(47-28-11-5-12-29-47)57-38-49(39-62(76-60)65(57)69)72(45-24-7-3-8-25-45)46-26-9-4-10-27-46/h3-42H,1-2H3. The molecule has 5 heterocycles. The Kier molecular flexibility index (Phi) is 9.65. The minimum absolute atomic E-state index is 0.150. The number of hydrogen-bond acceptors (Lipinski definition) is 6. The first kappa shape index (κ1) is 43.8. The van der Waals surface area contributed by atoms with Gasteiger partial charge in [0.05, 0.1) is 5.69 Å². The molecule has 0 fully saturated rings. The molecular formula is C68H46B3N3O3. The summed E-state index contributed by atoms with van der Waals surface area (Å²) >= 11 is 0. The number of anilines is 9. The van der Waals surface area contributed by atoms with Crippen LogP contribution in [0.25, 0.3) is 0 Å². The number of aryl methyl sites for hydroxylation is 2. The molecule has 16 rings (SSSR count). The van der Waals surface area contributed by atoms with Crippen LogP contribution in [-0.4, -0.2) is 20.1 Å². The van der Waals surface area contributed by atoms with Crippen LogP contribution in [0.1, 0.15) is 11.1 Å². The first-order chi connectivity index (χ1) is 38.1. The molecule has 9 heteroatoms. The monoisotopic (exact) mass is 985 g/mol. The molecule has 0 spiro atoms. The Hall–Kier alpha value is -9.59. The number of benzene rings is 11. The van der Waals surface area contributed by atoms with Crippen molar-refractivity contribution in [2.24, 2.45) is 0 Å². The number of para-hydroxylation sites is 7. The van der Waals surface area contributed by atoms with Gasteiger partial charge >= 0.3 is 0 Å². The molecule has 0 saturated heterocycles. The lowest BCUT2D eigenvalue weighted by Gasteiger charge is -2.43. The topological polar surface area (TPSA) is 37.4 Å². The van der Waals surface area contributed by atoms with Crippen molar-refractivity contribution in [1.82, 2.24) is 0 Å². The number of fused-ring (bicyclic) bond motifs is 11. The van der Waals surface area contributed by atoms with Gasteiger partial charge in [0.25, 0.3) is 20.1 Å². The summed E-state index contributed by atoms with van der Waals surface area (Å²) in [5, 5.41) is 0. The zero-order valence-electron chi connectivity index (χ0n) is 42.4. The van der Waals surface area contributed by atoms with Crippen molar-refractivity contribution in [3.05, 3.63) is 254 Å². The molecule has 77 heavy (non-hydrogen) atoms. The Labute approximate surface area is 449 Å². The molecule has 0 unspecified atom stereocenters. The van der Waals surface area contributed by atoms with E-state index in [2.05, 4.69) is 271 Å².